The van der Waals surface area contributed by atoms with E-state index < -0.39 is 0 Å². The van der Waals surface area contributed by atoms with E-state index in [0.717, 1.165) is 28.8 Å². The Kier molecular flexibility index (Phi) is 2.38. The zero-order chi connectivity index (χ0) is 15.6. The lowest BCUT2D eigenvalue weighted by Gasteiger charge is -2.05. The van der Waals surface area contributed by atoms with Crippen molar-refractivity contribution in [3.8, 4) is 11.1 Å². The number of carbonyl (C=O) groups is 1. The molecule has 2 nitrogen and oxygen atoms in total. The largest absolute Gasteiger partial charge is 0.341 e. The summed E-state index contributed by atoms with van der Waals surface area (Å²) in [5.41, 5.74) is 6.21. The highest BCUT2D eigenvalue weighted by Crippen LogP contribution is 2.41. The molecule has 0 fully saturated rings. The van der Waals surface area contributed by atoms with Crippen LogP contribution in [0.25, 0.3) is 32.9 Å². The van der Waals surface area contributed by atoms with E-state index in [9.17, 15) is 4.79 Å². The minimum Gasteiger partial charge on any atom is -0.341 e. The second-order valence-corrected chi connectivity index (χ2v) is 6.05. The maximum absolute atomic E-state index is 12.7. The van der Waals surface area contributed by atoms with Gasteiger partial charge in [-0.3, -0.25) is 4.79 Å². The number of ketones is 1. The Hall–Kier alpha value is -2.87. The van der Waals surface area contributed by atoms with Crippen LogP contribution in [-0.2, 0) is 6.54 Å². The number of hydrogen-bond acceptors (Lipinski definition) is 1. The van der Waals surface area contributed by atoms with Gasteiger partial charge < -0.3 is 4.57 Å². The average Bonchev–Trinajstić information content (AvgIpc) is 3.06. The fourth-order valence-corrected chi connectivity index (χ4v) is 3.91. The van der Waals surface area contributed by atoms with Crippen LogP contribution in [0.2, 0.25) is 0 Å². The summed E-state index contributed by atoms with van der Waals surface area (Å²) < 4.78 is 2.33. The number of para-hydroxylation sites is 1. The molecule has 0 bridgehead atoms. The van der Waals surface area contributed by atoms with Crippen molar-refractivity contribution in [2.75, 3.05) is 0 Å². The monoisotopic (exact) mass is 297 g/mol. The van der Waals surface area contributed by atoms with E-state index in [4.69, 9.17) is 0 Å². The molecule has 1 aliphatic carbocycles. The van der Waals surface area contributed by atoms with E-state index in [1.165, 1.54) is 21.8 Å². The number of fused-ring (bicyclic) bond motifs is 6. The van der Waals surface area contributed by atoms with Gasteiger partial charge in [0.05, 0.1) is 0 Å². The van der Waals surface area contributed by atoms with Gasteiger partial charge in [-0.05, 0) is 36.2 Å². The number of hydrogen-bond donors (Lipinski definition) is 0. The molecule has 0 atom stereocenters. The summed E-state index contributed by atoms with van der Waals surface area (Å²) >= 11 is 0. The summed E-state index contributed by atoms with van der Waals surface area (Å²) in [5, 5.41) is 2.39. The molecule has 1 aromatic heterocycles. The first-order valence-corrected chi connectivity index (χ1v) is 7.98. The first kappa shape index (κ1) is 12.7. The number of aryl methyl sites for hydroxylation is 1. The molecule has 3 aromatic carbocycles. The molecular weight excluding hydrogens is 282 g/mol. The molecule has 0 amide bonds. The van der Waals surface area contributed by atoms with Crippen LogP contribution in [0.1, 0.15) is 22.8 Å². The van der Waals surface area contributed by atoms with Gasteiger partial charge in [-0.15, -0.1) is 0 Å². The smallest absolute Gasteiger partial charge is 0.194 e. The van der Waals surface area contributed by atoms with Crippen LogP contribution in [0, 0.1) is 0 Å². The molecule has 4 aromatic rings. The van der Waals surface area contributed by atoms with E-state index in [1.807, 2.05) is 24.3 Å². The van der Waals surface area contributed by atoms with Gasteiger partial charge in [-0.1, -0.05) is 42.5 Å². The molecule has 0 saturated carbocycles. The van der Waals surface area contributed by atoms with Crippen molar-refractivity contribution in [3.05, 3.63) is 71.8 Å². The predicted molar refractivity (Wildman–Crippen MR) is 94.0 cm³/mol. The van der Waals surface area contributed by atoms with Crippen molar-refractivity contribution in [1.29, 1.82) is 0 Å². The van der Waals surface area contributed by atoms with Crippen LogP contribution < -0.4 is 0 Å². The van der Waals surface area contributed by atoms with Crippen LogP contribution in [0.15, 0.2) is 60.7 Å². The molecule has 23 heavy (non-hydrogen) atoms. The van der Waals surface area contributed by atoms with Gasteiger partial charge in [-0.25, -0.2) is 0 Å². The highest BCUT2D eigenvalue weighted by atomic mass is 16.1. The zero-order valence-corrected chi connectivity index (χ0v) is 12.8. The van der Waals surface area contributed by atoms with Crippen LogP contribution >= 0.6 is 0 Å². The number of carbonyl (C=O) groups excluding carboxylic acids is 1. The molecule has 110 valence electrons. The standard InChI is InChI=1S/C21H15NO/c1-2-22-19-10-6-5-8-14(19)17-11-18-16(12-20(17)22)13-7-3-4-9-15(13)21(18)23/h3-12H,2H2,1H3. The summed E-state index contributed by atoms with van der Waals surface area (Å²) in [5.74, 6) is 0.144. The summed E-state index contributed by atoms with van der Waals surface area (Å²) in [4.78, 5) is 12.7. The van der Waals surface area contributed by atoms with Gasteiger partial charge in [-0.2, -0.15) is 0 Å². The minimum atomic E-state index is 0.144. The normalized spacial score (nSPS) is 12.8. The lowest BCUT2D eigenvalue weighted by atomic mass is 10.0. The highest BCUT2D eigenvalue weighted by Gasteiger charge is 2.27. The molecule has 0 aliphatic heterocycles. The Morgan fingerprint density at radius 1 is 0.739 bits per heavy atom. The fraction of sp³-hybridized carbons (Fsp3) is 0.0952. The van der Waals surface area contributed by atoms with Gasteiger partial charge in [0.1, 0.15) is 0 Å². The van der Waals surface area contributed by atoms with Crippen LogP contribution in [-0.4, -0.2) is 10.4 Å². The second-order valence-electron chi connectivity index (χ2n) is 6.05. The Balaban J connectivity index is 1.97. The van der Waals surface area contributed by atoms with Gasteiger partial charge in [0.25, 0.3) is 0 Å². The van der Waals surface area contributed by atoms with Gasteiger partial charge in [0.2, 0.25) is 0 Å². The van der Waals surface area contributed by atoms with Crippen LogP contribution in [0.4, 0.5) is 0 Å². The first-order valence-electron chi connectivity index (χ1n) is 7.98. The second kappa shape index (κ2) is 4.32. The lowest BCUT2D eigenvalue weighted by Crippen LogP contribution is -1.95. The van der Waals surface area contributed by atoms with E-state index in [0.29, 0.717) is 0 Å². The van der Waals surface area contributed by atoms with E-state index in [1.54, 1.807) is 0 Å². The Bertz CT molecular complexity index is 1120. The van der Waals surface area contributed by atoms with Crippen molar-refractivity contribution in [1.82, 2.24) is 4.57 Å². The lowest BCUT2D eigenvalue weighted by molar-refractivity contribution is 0.104. The van der Waals surface area contributed by atoms with Gasteiger partial charge >= 0.3 is 0 Å². The van der Waals surface area contributed by atoms with E-state index >= 15 is 0 Å². The van der Waals surface area contributed by atoms with Gasteiger partial charge in [0, 0.05) is 39.5 Å². The van der Waals surface area contributed by atoms with Crippen molar-refractivity contribution >= 4 is 27.6 Å². The predicted octanol–water partition coefficient (Wildman–Crippen LogP) is 5.03. The van der Waals surface area contributed by atoms with Gasteiger partial charge in [0.15, 0.2) is 5.78 Å². The highest BCUT2D eigenvalue weighted by molar-refractivity contribution is 6.24. The Labute approximate surface area is 134 Å². The topological polar surface area (TPSA) is 22.0 Å². The molecular formula is C21H15NO. The van der Waals surface area contributed by atoms with Crippen LogP contribution in [0.5, 0.6) is 0 Å². The van der Waals surface area contributed by atoms with Crippen LogP contribution in [0.3, 0.4) is 0 Å². The SMILES string of the molecule is CCn1c2ccccc2c2cc3c(cc21)-c1ccccc1C3=O. The summed E-state index contributed by atoms with van der Waals surface area (Å²) in [6.45, 7) is 3.08. The molecule has 0 saturated heterocycles. The molecule has 1 heterocycles. The molecule has 2 heteroatoms. The molecule has 1 aliphatic rings. The minimum absolute atomic E-state index is 0.144. The molecule has 0 unspecified atom stereocenters. The summed E-state index contributed by atoms with van der Waals surface area (Å²) in [7, 11) is 0. The Morgan fingerprint density at radius 2 is 1.48 bits per heavy atom. The van der Waals surface area contributed by atoms with Crippen molar-refractivity contribution in [3.63, 3.8) is 0 Å². The van der Waals surface area contributed by atoms with Crippen molar-refractivity contribution in [2.45, 2.75) is 13.5 Å². The van der Waals surface area contributed by atoms with E-state index in [2.05, 4.69) is 47.9 Å². The van der Waals surface area contributed by atoms with Crippen molar-refractivity contribution < 1.29 is 4.79 Å². The number of aromatic nitrogens is 1. The summed E-state index contributed by atoms with van der Waals surface area (Å²) in [6.07, 6.45) is 0. The third-order valence-electron chi connectivity index (χ3n) is 4.93. The molecule has 0 radical (unpaired) electrons. The molecule has 0 spiro atoms. The Morgan fingerprint density at radius 3 is 2.30 bits per heavy atom. The third kappa shape index (κ3) is 1.50. The van der Waals surface area contributed by atoms with Crippen molar-refractivity contribution in [2.24, 2.45) is 0 Å². The molecule has 5 rings (SSSR count). The molecule has 0 N–H and O–H groups in total. The zero-order valence-electron chi connectivity index (χ0n) is 12.8. The maximum Gasteiger partial charge on any atom is 0.194 e. The number of benzene rings is 3. The van der Waals surface area contributed by atoms with E-state index in [-0.39, 0.29) is 5.78 Å². The summed E-state index contributed by atoms with van der Waals surface area (Å²) in [6, 6.07) is 20.6. The fourth-order valence-electron chi connectivity index (χ4n) is 3.91. The number of nitrogens with zero attached hydrogens (tertiary/aromatic N) is 1. The first-order chi connectivity index (χ1) is 11.3. The maximum atomic E-state index is 12.7. The quantitative estimate of drug-likeness (QED) is 0.425. The average molecular weight is 297 g/mol. The third-order valence-corrected chi connectivity index (χ3v) is 4.93. The number of rotatable bonds is 1.